The Hall–Kier alpha value is -0.610. The van der Waals surface area contributed by atoms with Gasteiger partial charge in [0.1, 0.15) is 0 Å². The Morgan fingerprint density at radius 3 is 2.87 bits per heavy atom. The van der Waals surface area contributed by atoms with Crippen molar-refractivity contribution in [1.29, 1.82) is 0 Å². The van der Waals surface area contributed by atoms with Crippen molar-refractivity contribution in [2.75, 3.05) is 20.3 Å². The maximum atomic E-state index is 11.4. The molecule has 0 aliphatic heterocycles. The standard InChI is InChI=1S/C11H22N2O2/c1-4-9-5-10(9)12-6-11(14)13-8(2)7-15-3/h8-10,12H,4-7H2,1-3H3,(H,13,14). The number of carbonyl (C=O) groups excluding carboxylic acids is 1. The van der Waals surface area contributed by atoms with Crippen molar-refractivity contribution < 1.29 is 9.53 Å². The van der Waals surface area contributed by atoms with E-state index in [4.69, 9.17) is 4.74 Å². The van der Waals surface area contributed by atoms with Crippen LogP contribution in [0.4, 0.5) is 0 Å². The van der Waals surface area contributed by atoms with E-state index in [1.807, 2.05) is 6.92 Å². The van der Waals surface area contributed by atoms with Gasteiger partial charge in [0.15, 0.2) is 0 Å². The van der Waals surface area contributed by atoms with Crippen LogP contribution in [0.25, 0.3) is 0 Å². The quantitative estimate of drug-likeness (QED) is 0.650. The van der Waals surface area contributed by atoms with Gasteiger partial charge in [-0.05, 0) is 19.3 Å². The molecule has 15 heavy (non-hydrogen) atoms. The molecule has 1 amide bonds. The minimum absolute atomic E-state index is 0.0568. The van der Waals surface area contributed by atoms with Gasteiger partial charge in [0.2, 0.25) is 5.91 Å². The van der Waals surface area contributed by atoms with Crippen molar-refractivity contribution in [2.24, 2.45) is 5.92 Å². The molecule has 2 N–H and O–H groups in total. The van der Waals surface area contributed by atoms with E-state index >= 15 is 0 Å². The lowest BCUT2D eigenvalue weighted by Crippen LogP contribution is -2.41. The Morgan fingerprint density at radius 2 is 2.33 bits per heavy atom. The lowest BCUT2D eigenvalue weighted by atomic mass is 10.3. The van der Waals surface area contributed by atoms with Crippen LogP contribution in [0, 0.1) is 5.92 Å². The molecule has 4 heteroatoms. The SMILES string of the molecule is CCC1CC1NCC(=O)NC(C)COC. The summed E-state index contributed by atoms with van der Waals surface area (Å²) in [7, 11) is 1.64. The van der Waals surface area contributed by atoms with E-state index < -0.39 is 0 Å². The number of hydrogen-bond donors (Lipinski definition) is 2. The molecule has 1 aliphatic carbocycles. The minimum atomic E-state index is 0.0568. The Kier molecular flexibility index (Phi) is 5.05. The Labute approximate surface area is 91.8 Å². The number of methoxy groups -OCH3 is 1. The van der Waals surface area contributed by atoms with Gasteiger partial charge in [0, 0.05) is 19.2 Å². The summed E-state index contributed by atoms with van der Waals surface area (Å²) in [5.41, 5.74) is 0. The highest BCUT2D eigenvalue weighted by atomic mass is 16.5. The van der Waals surface area contributed by atoms with E-state index in [1.165, 1.54) is 12.8 Å². The van der Waals surface area contributed by atoms with Crippen LogP contribution in [0.1, 0.15) is 26.7 Å². The van der Waals surface area contributed by atoms with Crippen molar-refractivity contribution in [3.63, 3.8) is 0 Å². The molecule has 0 aromatic heterocycles. The monoisotopic (exact) mass is 214 g/mol. The zero-order valence-electron chi connectivity index (χ0n) is 9.88. The first-order valence-corrected chi connectivity index (χ1v) is 5.69. The first-order chi connectivity index (χ1) is 7.17. The summed E-state index contributed by atoms with van der Waals surface area (Å²) < 4.78 is 4.94. The molecule has 1 saturated carbocycles. The van der Waals surface area contributed by atoms with Crippen LogP contribution < -0.4 is 10.6 Å². The highest BCUT2D eigenvalue weighted by Gasteiger charge is 2.34. The molecule has 1 rings (SSSR count). The minimum Gasteiger partial charge on any atom is -0.383 e. The Bertz CT molecular complexity index is 209. The molecular weight excluding hydrogens is 192 g/mol. The lowest BCUT2D eigenvalue weighted by molar-refractivity contribution is -0.121. The number of rotatable bonds is 7. The number of amides is 1. The molecule has 0 aromatic rings. The van der Waals surface area contributed by atoms with Crippen LogP contribution in [-0.2, 0) is 9.53 Å². The summed E-state index contributed by atoms with van der Waals surface area (Å²) in [6, 6.07) is 0.656. The smallest absolute Gasteiger partial charge is 0.234 e. The number of hydrogen-bond acceptors (Lipinski definition) is 3. The van der Waals surface area contributed by atoms with Crippen LogP contribution in [0.2, 0.25) is 0 Å². The van der Waals surface area contributed by atoms with Gasteiger partial charge in [-0.15, -0.1) is 0 Å². The van der Waals surface area contributed by atoms with E-state index in [2.05, 4.69) is 17.6 Å². The van der Waals surface area contributed by atoms with E-state index in [0.717, 1.165) is 5.92 Å². The molecule has 0 spiro atoms. The van der Waals surface area contributed by atoms with Crippen molar-refractivity contribution in [3.05, 3.63) is 0 Å². The van der Waals surface area contributed by atoms with Gasteiger partial charge < -0.3 is 15.4 Å². The van der Waals surface area contributed by atoms with Crippen LogP contribution >= 0.6 is 0 Å². The second kappa shape index (κ2) is 6.08. The summed E-state index contributed by atoms with van der Waals surface area (Å²) in [4.78, 5) is 11.4. The van der Waals surface area contributed by atoms with Crippen molar-refractivity contribution in [2.45, 2.75) is 38.8 Å². The summed E-state index contributed by atoms with van der Waals surface area (Å²) >= 11 is 0. The second-order valence-corrected chi connectivity index (χ2v) is 4.32. The highest BCUT2D eigenvalue weighted by molar-refractivity contribution is 5.78. The zero-order chi connectivity index (χ0) is 11.3. The Morgan fingerprint density at radius 1 is 1.60 bits per heavy atom. The van der Waals surface area contributed by atoms with Crippen LogP contribution in [0.15, 0.2) is 0 Å². The molecule has 3 unspecified atom stereocenters. The van der Waals surface area contributed by atoms with Crippen LogP contribution in [0.3, 0.4) is 0 Å². The first-order valence-electron chi connectivity index (χ1n) is 5.69. The summed E-state index contributed by atoms with van der Waals surface area (Å²) in [6.45, 7) is 5.11. The van der Waals surface area contributed by atoms with Gasteiger partial charge in [-0.25, -0.2) is 0 Å². The third-order valence-electron chi connectivity index (χ3n) is 2.80. The van der Waals surface area contributed by atoms with Gasteiger partial charge >= 0.3 is 0 Å². The third-order valence-corrected chi connectivity index (χ3v) is 2.80. The van der Waals surface area contributed by atoms with Gasteiger partial charge in [-0.1, -0.05) is 13.3 Å². The first kappa shape index (κ1) is 12.5. The van der Waals surface area contributed by atoms with E-state index in [-0.39, 0.29) is 11.9 Å². The van der Waals surface area contributed by atoms with Crippen molar-refractivity contribution in [1.82, 2.24) is 10.6 Å². The van der Waals surface area contributed by atoms with E-state index in [9.17, 15) is 4.79 Å². The molecular formula is C11H22N2O2. The van der Waals surface area contributed by atoms with Crippen molar-refractivity contribution >= 4 is 5.91 Å². The predicted octanol–water partition coefficient (Wildman–Crippen LogP) is 0.526. The van der Waals surface area contributed by atoms with Gasteiger partial charge in [-0.3, -0.25) is 4.79 Å². The number of carbonyl (C=O) groups is 1. The fourth-order valence-corrected chi connectivity index (χ4v) is 1.79. The molecule has 0 bridgehead atoms. The summed E-state index contributed by atoms with van der Waals surface area (Å²) in [5.74, 6) is 0.843. The second-order valence-electron chi connectivity index (χ2n) is 4.32. The molecule has 88 valence electrons. The predicted molar refractivity (Wildman–Crippen MR) is 59.7 cm³/mol. The lowest BCUT2D eigenvalue weighted by Gasteiger charge is -2.12. The number of ether oxygens (including phenoxy) is 1. The average molecular weight is 214 g/mol. The molecule has 1 aliphatic rings. The van der Waals surface area contributed by atoms with E-state index in [0.29, 0.717) is 19.2 Å². The molecule has 3 atom stereocenters. The van der Waals surface area contributed by atoms with Crippen LogP contribution in [0.5, 0.6) is 0 Å². The highest BCUT2D eigenvalue weighted by Crippen LogP contribution is 2.32. The topological polar surface area (TPSA) is 50.4 Å². The Balaban J connectivity index is 2.04. The van der Waals surface area contributed by atoms with Crippen molar-refractivity contribution in [3.8, 4) is 0 Å². The molecule has 0 saturated heterocycles. The van der Waals surface area contributed by atoms with Crippen LogP contribution in [-0.4, -0.2) is 38.3 Å². The van der Waals surface area contributed by atoms with E-state index in [1.54, 1.807) is 7.11 Å². The fourth-order valence-electron chi connectivity index (χ4n) is 1.79. The maximum absolute atomic E-state index is 11.4. The molecule has 0 aromatic carbocycles. The largest absolute Gasteiger partial charge is 0.383 e. The number of nitrogens with one attached hydrogen (secondary N) is 2. The molecule has 0 radical (unpaired) electrons. The van der Waals surface area contributed by atoms with Gasteiger partial charge in [0.25, 0.3) is 0 Å². The molecule has 0 heterocycles. The van der Waals surface area contributed by atoms with Gasteiger partial charge in [0.05, 0.1) is 13.2 Å². The van der Waals surface area contributed by atoms with Gasteiger partial charge in [-0.2, -0.15) is 0 Å². The summed E-state index contributed by atoms with van der Waals surface area (Å²) in [6.07, 6.45) is 2.43. The molecule has 4 nitrogen and oxygen atoms in total. The molecule has 1 fully saturated rings. The average Bonchev–Trinajstić information content (AvgIpc) is 2.93. The fraction of sp³-hybridized carbons (Fsp3) is 0.909. The third kappa shape index (κ3) is 4.62. The zero-order valence-corrected chi connectivity index (χ0v) is 9.88. The normalized spacial score (nSPS) is 26.1. The maximum Gasteiger partial charge on any atom is 0.234 e. The summed E-state index contributed by atoms with van der Waals surface area (Å²) in [5, 5.41) is 6.12.